The highest BCUT2D eigenvalue weighted by atomic mass is 35.5. The summed E-state index contributed by atoms with van der Waals surface area (Å²) in [5, 5.41) is 0.406. The van der Waals surface area contributed by atoms with Crippen molar-refractivity contribution in [1.29, 1.82) is 0 Å². The number of rotatable bonds is 4. The molecule has 1 aromatic heterocycles. The van der Waals surface area contributed by atoms with Crippen molar-refractivity contribution in [3.63, 3.8) is 0 Å². The quantitative estimate of drug-likeness (QED) is 0.510. The maximum Gasteiger partial charge on any atom is 0.447 e. The molecule has 11 heteroatoms. The van der Waals surface area contributed by atoms with Gasteiger partial charge in [0, 0.05) is 11.6 Å². The minimum Gasteiger partial charge on any atom is -0.454 e. The van der Waals surface area contributed by atoms with Crippen LogP contribution in [-0.4, -0.2) is 30.1 Å². The average Bonchev–Trinajstić information content (AvgIpc) is 3.36. The number of thioether (sulfide) groups is 1. The Morgan fingerprint density at radius 2 is 1.94 bits per heavy atom. The topological polar surface area (TPSA) is 78.8 Å². The first-order chi connectivity index (χ1) is 15.2. The second-order valence-corrected chi connectivity index (χ2v) is 10.7. The fourth-order valence-corrected chi connectivity index (χ4v) is 5.99. The van der Waals surface area contributed by atoms with Gasteiger partial charge in [0.1, 0.15) is 4.32 Å². The Morgan fingerprint density at radius 3 is 2.72 bits per heavy atom. The zero-order chi connectivity index (χ0) is 22.6. The van der Waals surface area contributed by atoms with Crippen LogP contribution in [-0.2, 0) is 6.54 Å². The van der Waals surface area contributed by atoms with E-state index in [-0.39, 0.29) is 6.79 Å². The van der Waals surface area contributed by atoms with Gasteiger partial charge in [-0.15, -0.1) is 4.74 Å². The van der Waals surface area contributed by atoms with Crippen molar-refractivity contribution in [1.82, 2.24) is 14.2 Å². The van der Waals surface area contributed by atoms with Crippen LogP contribution in [0.1, 0.15) is 25.6 Å². The fraction of sp³-hybridized carbons (Fsp3) is 0.286. The highest BCUT2D eigenvalue weighted by molar-refractivity contribution is 8.24. The summed E-state index contributed by atoms with van der Waals surface area (Å²) in [6.07, 6.45) is -0.619. The molecule has 0 amide bonds. The molecule has 0 spiro atoms. The zero-order valence-electron chi connectivity index (χ0n) is 17.1. The van der Waals surface area contributed by atoms with E-state index in [1.165, 1.54) is 17.8 Å². The van der Waals surface area contributed by atoms with Crippen molar-refractivity contribution in [3.05, 3.63) is 74.1 Å². The number of hydrogen-bond donors (Lipinski definition) is 0. The third-order valence-corrected chi connectivity index (χ3v) is 7.18. The number of thiocarbonyl (C=S) groups is 1. The Labute approximate surface area is 197 Å². The number of benzene rings is 2. The van der Waals surface area contributed by atoms with E-state index in [4.69, 9.17) is 37.8 Å². The minimum atomic E-state index is -0.793. The summed E-state index contributed by atoms with van der Waals surface area (Å²) in [6.45, 7) is 4.49. The van der Waals surface area contributed by atoms with Gasteiger partial charge in [-0.05, 0) is 49.7 Å². The summed E-state index contributed by atoms with van der Waals surface area (Å²) in [5.41, 5.74) is 0.657. The van der Waals surface area contributed by atoms with Crippen LogP contribution in [0.25, 0.3) is 5.69 Å². The summed E-state index contributed by atoms with van der Waals surface area (Å²) < 4.78 is 18.4. The largest absolute Gasteiger partial charge is 0.454 e. The van der Waals surface area contributed by atoms with Gasteiger partial charge >= 0.3 is 11.4 Å². The van der Waals surface area contributed by atoms with Crippen LogP contribution in [0.3, 0.4) is 0 Å². The van der Waals surface area contributed by atoms with E-state index in [2.05, 4.69) is 0 Å². The number of fused-ring (bicyclic) bond motifs is 1. The smallest absolute Gasteiger partial charge is 0.447 e. The molecule has 0 unspecified atom stereocenters. The van der Waals surface area contributed by atoms with Gasteiger partial charge in [-0.3, -0.25) is 0 Å². The van der Waals surface area contributed by atoms with Crippen molar-refractivity contribution in [2.24, 2.45) is 0 Å². The van der Waals surface area contributed by atoms with Crippen LogP contribution in [0, 0.1) is 0 Å². The number of hydrogen-bond acceptors (Lipinski definition) is 7. The van der Waals surface area contributed by atoms with Gasteiger partial charge < -0.3 is 18.9 Å². The molecule has 2 aliphatic heterocycles. The Kier molecular flexibility index (Phi) is 5.11. The van der Waals surface area contributed by atoms with Crippen molar-refractivity contribution in [2.75, 3.05) is 6.79 Å². The Hall–Kier alpha value is -2.69. The molecule has 2 aromatic carbocycles. The first-order valence-corrected chi connectivity index (χ1v) is 11.3. The monoisotopic (exact) mass is 491 g/mol. The fourth-order valence-electron chi connectivity index (χ4n) is 3.93. The molecule has 2 aliphatic rings. The molecular weight excluding hydrogens is 474 g/mol. The van der Waals surface area contributed by atoms with Gasteiger partial charge in [0.25, 0.3) is 0 Å². The number of halogens is 1. The summed E-state index contributed by atoms with van der Waals surface area (Å²) >= 11 is 13.1. The van der Waals surface area contributed by atoms with E-state index >= 15 is 0 Å². The number of ether oxygens (including phenoxy) is 2. The second-order valence-electron chi connectivity index (χ2n) is 7.94. The number of aromatic nitrogens is 2. The third kappa shape index (κ3) is 3.52. The van der Waals surface area contributed by atoms with Crippen LogP contribution >= 0.6 is 35.6 Å². The Bertz CT molecular complexity index is 1350. The van der Waals surface area contributed by atoms with E-state index in [9.17, 15) is 9.59 Å². The van der Waals surface area contributed by atoms with Crippen LogP contribution in [0.15, 0.2) is 56.6 Å². The minimum absolute atomic E-state index is 0.185. The first kappa shape index (κ1) is 21.2. The summed E-state index contributed by atoms with van der Waals surface area (Å²) in [4.78, 5) is 27.8. The average molecular weight is 492 g/mol. The zero-order valence-corrected chi connectivity index (χ0v) is 19.5. The molecule has 32 heavy (non-hydrogen) atoms. The van der Waals surface area contributed by atoms with Crippen molar-refractivity contribution in [3.8, 4) is 17.2 Å². The van der Waals surface area contributed by atoms with Crippen LogP contribution in [0.2, 0.25) is 5.02 Å². The summed E-state index contributed by atoms with van der Waals surface area (Å²) in [6, 6.07) is 12.1. The van der Waals surface area contributed by atoms with Gasteiger partial charge in [0.05, 0.1) is 10.4 Å². The molecule has 8 nitrogen and oxygen atoms in total. The molecule has 0 aliphatic carbocycles. The lowest BCUT2D eigenvalue weighted by atomic mass is 10.1. The van der Waals surface area contributed by atoms with E-state index in [0.29, 0.717) is 33.1 Å². The van der Waals surface area contributed by atoms with Gasteiger partial charge in [0.2, 0.25) is 6.79 Å². The normalized spacial score (nSPS) is 19.0. The van der Waals surface area contributed by atoms with Crippen LogP contribution in [0.4, 0.5) is 0 Å². The van der Waals surface area contributed by atoms with Crippen molar-refractivity contribution in [2.45, 2.75) is 31.3 Å². The lowest BCUT2D eigenvalue weighted by Crippen LogP contribution is -2.42. The Balaban J connectivity index is 1.56. The molecule has 1 fully saturated rings. The van der Waals surface area contributed by atoms with E-state index < -0.39 is 22.4 Å². The molecule has 0 bridgehead atoms. The van der Waals surface area contributed by atoms with E-state index in [1.54, 1.807) is 18.2 Å². The van der Waals surface area contributed by atoms with Crippen LogP contribution < -0.4 is 20.9 Å². The molecule has 0 saturated carbocycles. The molecule has 1 atom stereocenters. The first-order valence-electron chi connectivity index (χ1n) is 9.73. The highest BCUT2D eigenvalue weighted by Crippen LogP contribution is 2.47. The highest BCUT2D eigenvalue weighted by Gasteiger charge is 2.48. The van der Waals surface area contributed by atoms with E-state index in [0.717, 1.165) is 14.9 Å². The van der Waals surface area contributed by atoms with Gasteiger partial charge in [-0.2, -0.15) is 4.57 Å². The third-order valence-electron chi connectivity index (χ3n) is 5.32. The predicted molar refractivity (Wildman–Crippen MR) is 125 cm³/mol. The predicted octanol–water partition coefficient (Wildman–Crippen LogP) is 3.79. The molecule has 5 rings (SSSR count). The summed E-state index contributed by atoms with van der Waals surface area (Å²) in [5.74, 6) is 0.551. The van der Waals surface area contributed by atoms with E-state index in [1.807, 2.05) is 36.9 Å². The Morgan fingerprint density at radius 1 is 1.16 bits per heavy atom. The lowest BCUT2D eigenvalue weighted by molar-refractivity contribution is 0.0866. The molecule has 3 aromatic rings. The standard InChI is InChI=1S/C21H18ClN3O5S2/c1-21(2)17(25-18(26)24(19(27)30-25)14-5-3-4-13(22)9-14)23(20(31)32-21)10-12-6-7-15-16(8-12)29-11-28-15/h3-9,17H,10-11H2,1-2H3/t17-/m0/s1. The van der Waals surface area contributed by atoms with Gasteiger partial charge in [0.15, 0.2) is 17.7 Å². The molecule has 1 saturated heterocycles. The number of nitrogens with zero attached hydrogens (tertiary/aromatic N) is 3. The van der Waals surface area contributed by atoms with Crippen LogP contribution in [0.5, 0.6) is 11.5 Å². The molecule has 3 heterocycles. The molecule has 0 N–H and O–H groups in total. The second kappa shape index (κ2) is 7.72. The maximum atomic E-state index is 13.3. The molecular formula is C21H18ClN3O5S2. The lowest BCUT2D eigenvalue weighted by Gasteiger charge is -2.30. The summed E-state index contributed by atoms with van der Waals surface area (Å²) in [7, 11) is 0. The van der Waals surface area contributed by atoms with Crippen molar-refractivity contribution < 1.29 is 14.0 Å². The van der Waals surface area contributed by atoms with Gasteiger partial charge in [-0.25, -0.2) is 9.59 Å². The maximum absolute atomic E-state index is 13.3. The molecule has 0 radical (unpaired) electrons. The van der Waals surface area contributed by atoms with Gasteiger partial charge in [-0.1, -0.05) is 47.7 Å². The van der Waals surface area contributed by atoms with Crippen molar-refractivity contribution >= 4 is 39.9 Å². The molecule has 166 valence electrons. The SMILES string of the molecule is CC1(C)SC(=S)N(Cc2ccc3c(c2)OCO3)[C@H]1n1oc(=O)n(-c2cccc(Cl)c2)c1=O.